The molecule has 1 aliphatic rings. The summed E-state index contributed by atoms with van der Waals surface area (Å²) in [4.78, 5) is 23.9. The SMILES string of the molecule is CN(CCCC(=O)O)C(=O)NC1C(C)(C)C1(C)C. The summed E-state index contributed by atoms with van der Waals surface area (Å²) in [7, 11) is 1.69. The molecule has 1 rings (SSSR count). The third-order valence-electron chi connectivity index (χ3n) is 4.52. The molecule has 0 saturated heterocycles. The van der Waals surface area contributed by atoms with E-state index < -0.39 is 5.97 Å². The number of nitrogens with zero attached hydrogens (tertiary/aromatic N) is 1. The van der Waals surface area contributed by atoms with Gasteiger partial charge in [-0.05, 0) is 17.3 Å². The molecule has 0 atom stereocenters. The van der Waals surface area contributed by atoms with Crippen molar-refractivity contribution >= 4 is 12.0 Å². The molecule has 5 nitrogen and oxygen atoms in total. The number of carboxylic acid groups (broad SMARTS) is 1. The Morgan fingerprint density at radius 1 is 1.22 bits per heavy atom. The van der Waals surface area contributed by atoms with E-state index in [0.717, 1.165) is 0 Å². The van der Waals surface area contributed by atoms with Crippen molar-refractivity contribution in [2.24, 2.45) is 10.8 Å². The summed E-state index contributed by atoms with van der Waals surface area (Å²) in [5, 5.41) is 11.6. The molecule has 0 bridgehead atoms. The van der Waals surface area contributed by atoms with Gasteiger partial charge in [-0.3, -0.25) is 4.79 Å². The van der Waals surface area contributed by atoms with E-state index in [1.807, 2.05) is 0 Å². The van der Waals surface area contributed by atoms with Gasteiger partial charge in [0, 0.05) is 26.1 Å². The first-order chi connectivity index (χ1) is 8.10. The van der Waals surface area contributed by atoms with Gasteiger partial charge >= 0.3 is 12.0 Å². The van der Waals surface area contributed by atoms with Crippen molar-refractivity contribution in [2.45, 2.75) is 46.6 Å². The highest BCUT2D eigenvalue weighted by molar-refractivity contribution is 5.75. The van der Waals surface area contributed by atoms with Crippen molar-refractivity contribution in [3.05, 3.63) is 0 Å². The number of hydrogen-bond donors (Lipinski definition) is 2. The van der Waals surface area contributed by atoms with E-state index in [9.17, 15) is 9.59 Å². The predicted molar refractivity (Wildman–Crippen MR) is 69.4 cm³/mol. The zero-order valence-electron chi connectivity index (χ0n) is 11.9. The minimum absolute atomic E-state index is 0.0953. The third kappa shape index (κ3) is 2.76. The van der Waals surface area contributed by atoms with E-state index in [4.69, 9.17) is 5.11 Å². The molecule has 18 heavy (non-hydrogen) atoms. The standard InChI is InChI=1S/C13H24N2O3/c1-12(2)10(13(12,3)4)14-11(18)15(5)8-6-7-9(16)17/h10H,6-8H2,1-5H3,(H,14,18)(H,16,17). The smallest absolute Gasteiger partial charge is 0.317 e. The largest absolute Gasteiger partial charge is 0.481 e. The van der Waals surface area contributed by atoms with Crippen LogP contribution in [-0.2, 0) is 4.79 Å². The van der Waals surface area contributed by atoms with Crippen molar-refractivity contribution in [1.82, 2.24) is 10.2 Å². The van der Waals surface area contributed by atoms with Gasteiger partial charge in [0.1, 0.15) is 0 Å². The molecule has 0 aromatic carbocycles. The van der Waals surface area contributed by atoms with Crippen LogP contribution in [0.4, 0.5) is 4.79 Å². The molecule has 1 saturated carbocycles. The Morgan fingerprint density at radius 2 is 1.72 bits per heavy atom. The molecular formula is C13H24N2O3. The average molecular weight is 256 g/mol. The highest BCUT2D eigenvalue weighted by Crippen LogP contribution is 2.62. The average Bonchev–Trinajstić information content (AvgIpc) is 2.60. The number of aliphatic carboxylic acids is 1. The van der Waals surface area contributed by atoms with Gasteiger partial charge in [-0.1, -0.05) is 27.7 Å². The van der Waals surface area contributed by atoms with Crippen LogP contribution in [0.1, 0.15) is 40.5 Å². The van der Waals surface area contributed by atoms with E-state index in [-0.39, 0.29) is 29.3 Å². The van der Waals surface area contributed by atoms with Gasteiger partial charge < -0.3 is 15.3 Å². The van der Waals surface area contributed by atoms with Crippen LogP contribution in [0.15, 0.2) is 0 Å². The fourth-order valence-electron chi connectivity index (χ4n) is 2.36. The first-order valence-electron chi connectivity index (χ1n) is 6.34. The van der Waals surface area contributed by atoms with Crippen molar-refractivity contribution < 1.29 is 14.7 Å². The molecule has 0 unspecified atom stereocenters. The Kier molecular flexibility index (Phi) is 3.93. The maximum absolute atomic E-state index is 11.9. The van der Waals surface area contributed by atoms with E-state index >= 15 is 0 Å². The summed E-state index contributed by atoms with van der Waals surface area (Å²) < 4.78 is 0. The summed E-state index contributed by atoms with van der Waals surface area (Å²) >= 11 is 0. The molecule has 0 radical (unpaired) electrons. The highest BCUT2D eigenvalue weighted by Gasteiger charge is 2.65. The van der Waals surface area contributed by atoms with Gasteiger partial charge in [0.05, 0.1) is 0 Å². The summed E-state index contributed by atoms with van der Waals surface area (Å²) in [5.41, 5.74) is 0.231. The van der Waals surface area contributed by atoms with Gasteiger partial charge in [-0.15, -0.1) is 0 Å². The molecule has 2 N–H and O–H groups in total. The molecule has 0 aromatic heterocycles. The molecule has 0 heterocycles. The monoisotopic (exact) mass is 256 g/mol. The lowest BCUT2D eigenvalue weighted by atomic mass is 10.0. The Balaban J connectivity index is 2.36. The molecule has 0 spiro atoms. The molecular weight excluding hydrogens is 232 g/mol. The quantitative estimate of drug-likeness (QED) is 0.789. The summed E-state index contributed by atoms with van der Waals surface area (Å²) in [6, 6.07) is 0.0588. The first-order valence-corrected chi connectivity index (χ1v) is 6.34. The molecule has 0 aromatic rings. The van der Waals surface area contributed by atoms with Crippen molar-refractivity contribution in [1.29, 1.82) is 0 Å². The summed E-state index contributed by atoms with van der Waals surface area (Å²) in [6.07, 6.45) is 0.578. The third-order valence-corrected chi connectivity index (χ3v) is 4.52. The summed E-state index contributed by atoms with van der Waals surface area (Å²) in [6.45, 7) is 9.03. The van der Waals surface area contributed by atoms with Crippen LogP contribution >= 0.6 is 0 Å². The van der Waals surface area contributed by atoms with Crippen molar-refractivity contribution in [3.63, 3.8) is 0 Å². The molecule has 104 valence electrons. The van der Waals surface area contributed by atoms with E-state index in [0.29, 0.717) is 13.0 Å². The number of rotatable bonds is 5. The second kappa shape index (κ2) is 4.78. The Bertz CT molecular complexity index is 336. The molecule has 0 aliphatic heterocycles. The van der Waals surface area contributed by atoms with Gasteiger partial charge in [-0.2, -0.15) is 0 Å². The fourth-order valence-corrected chi connectivity index (χ4v) is 2.36. The Morgan fingerprint density at radius 3 is 2.11 bits per heavy atom. The van der Waals surface area contributed by atoms with Crippen LogP contribution in [-0.4, -0.2) is 41.6 Å². The van der Waals surface area contributed by atoms with Gasteiger partial charge in [0.2, 0.25) is 0 Å². The van der Waals surface area contributed by atoms with E-state index in [1.165, 1.54) is 0 Å². The fraction of sp³-hybridized carbons (Fsp3) is 0.846. The zero-order chi connectivity index (χ0) is 14.1. The van der Waals surface area contributed by atoms with E-state index in [1.54, 1.807) is 11.9 Å². The number of carbonyl (C=O) groups is 2. The lowest BCUT2D eigenvalue weighted by Gasteiger charge is -2.18. The first kappa shape index (κ1) is 14.8. The second-order valence-electron chi connectivity index (χ2n) is 6.24. The lowest BCUT2D eigenvalue weighted by molar-refractivity contribution is -0.137. The second-order valence-corrected chi connectivity index (χ2v) is 6.24. The Hall–Kier alpha value is -1.26. The maximum atomic E-state index is 11.9. The van der Waals surface area contributed by atoms with E-state index in [2.05, 4.69) is 33.0 Å². The minimum atomic E-state index is -0.826. The van der Waals surface area contributed by atoms with Gasteiger partial charge in [-0.25, -0.2) is 4.79 Å². The molecule has 5 heteroatoms. The lowest BCUT2D eigenvalue weighted by Crippen LogP contribution is -2.40. The normalized spacial score (nSPS) is 20.3. The maximum Gasteiger partial charge on any atom is 0.317 e. The molecule has 1 aliphatic carbocycles. The van der Waals surface area contributed by atoms with Crippen molar-refractivity contribution in [3.8, 4) is 0 Å². The molecule has 2 amide bonds. The van der Waals surface area contributed by atoms with Crippen LogP contribution < -0.4 is 5.32 Å². The van der Waals surface area contributed by atoms with Crippen LogP contribution in [0.3, 0.4) is 0 Å². The van der Waals surface area contributed by atoms with Crippen LogP contribution in [0, 0.1) is 10.8 Å². The number of urea groups is 1. The summed E-state index contributed by atoms with van der Waals surface area (Å²) in [5.74, 6) is -0.826. The number of carbonyl (C=O) groups excluding carboxylic acids is 1. The topological polar surface area (TPSA) is 69.6 Å². The van der Waals surface area contributed by atoms with Gasteiger partial charge in [0.15, 0.2) is 0 Å². The van der Waals surface area contributed by atoms with Crippen molar-refractivity contribution in [2.75, 3.05) is 13.6 Å². The van der Waals surface area contributed by atoms with Crippen LogP contribution in [0.5, 0.6) is 0 Å². The minimum Gasteiger partial charge on any atom is -0.481 e. The Labute approximate surface area is 109 Å². The van der Waals surface area contributed by atoms with Gasteiger partial charge in [0.25, 0.3) is 0 Å². The highest BCUT2D eigenvalue weighted by atomic mass is 16.4. The number of hydrogen-bond acceptors (Lipinski definition) is 2. The predicted octanol–water partition coefficient (Wildman–Crippen LogP) is 1.93. The molecule has 1 fully saturated rings. The zero-order valence-corrected chi connectivity index (χ0v) is 11.9. The number of amides is 2. The number of carboxylic acids is 1. The van der Waals surface area contributed by atoms with Crippen LogP contribution in [0.2, 0.25) is 0 Å². The number of nitrogens with one attached hydrogen (secondary N) is 1. The van der Waals surface area contributed by atoms with Crippen LogP contribution in [0.25, 0.3) is 0 Å².